The van der Waals surface area contributed by atoms with E-state index in [1.165, 1.54) is 45.2 Å². The van der Waals surface area contributed by atoms with Crippen LogP contribution < -0.4 is 4.90 Å². The largest absolute Gasteiger partial charge is 0.370 e. The summed E-state index contributed by atoms with van der Waals surface area (Å²) < 4.78 is 0. The molecule has 0 spiro atoms. The highest BCUT2D eigenvalue weighted by Gasteiger charge is 2.25. The van der Waals surface area contributed by atoms with Crippen LogP contribution in [-0.4, -0.2) is 42.1 Å². The van der Waals surface area contributed by atoms with Gasteiger partial charge in [0.1, 0.15) is 0 Å². The molecule has 0 aliphatic carbocycles. The third kappa shape index (κ3) is 2.98. The maximum absolute atomic E-state index is 10.4. The van der Waals surface area contributed by atoms with Crippen LogP contribution in [0.5, 0.6) is 0 Å². The molecule has 0 N–H and O–H groups in total. The first-order chi connectivity index (χ1) is 9.86. The van der Waals surface area contributed by atoms with Crippen molar-refractivity contribution in [1.29, 1.82) is 0 Å². The van der Waals surface area contributed by atoms with E-state index in [0.29, 0.717) is 0 Å². The van der Waals surface area contributed by atoms with E-state index in [0.717, 1.165) is 24.8 Å². The van der Waals surface area contributed by atoms with Gasteiger partial charge >= 0.3 is 0 Å². The quantitative estimate of drug-likeness (QED) is 0.795. The predicted octanol–water partition coefficient (Wildman–Crippen LogP) is 2.93. The molecule has 2 saturated heterocycles. The molecule has 0 atom stereocenters. The zero-order valence-corrected chi connectivity index (χ0v) is 11.9. The maximum atomic E-state index is 10.4. The molecule has 108 valence electrons. The van der Waals surface area contributed by atoms with Gasteiger partial charge in [-0.3, -0.25) is 0 Å². The fourth-order valence-electron chi connectivity index (χ4n) is 3.39. The molecule has 2 aliphatic rings. The molecule has 20 heavy (non-hydrogen) atoms. The Morgan fingerprint density at radius 3 is 2.40 bits per heavy atom. The standard InChI is InChI=1S/C15H22N4O/c20-17-15-5-4-14(12-16-15)19-10-6-13(7-11-19)18-8-2-1-3-9-18/h4-5,12-13H,1-3,6-11H2. The molecular weight excluding hydrogens is 252 g/mol. The molecule has 0 amide bonds. The Labute approximate surface area is 120 Å². The summed E-state index contributed by atoms with van der Waals surface area (Å²) in [5, 5.41) is 2.84. The van der Waals surface area contributed by atoms with Crippen molar-refractivity contribution in [1.82, 2.24) is 9.88 Å². The second-order valence-corrected chi connectivity index (χ2v) is 5.78. The normalized spacial score (nSPS) is 21.9. The summed E-state index contributed by atoms with van der Waals surface area (Å²) in [7, 11) is 0. The Bertz CT molecular complexity index is 434. The summed E-state index contributed by atoms with van der Waals surface area (Å²) in [6.45, 7) is 4.73. The molecule has 0 unspecified atom stereocenters. The van der Waals surface area contributed by atoms with Gasteiger partial charge in [0.15, 0.2) is 5.82 Å². The Kier molecular flexibility index (Phi) is 4.25. The van der Waals surface area contributed by atoms with Crippen LogP contribution in [0.15, 0.2) is 23.5 Å². The van der Waals surface area contributed by atoms with Gasteiger partial charge in [0, 0.05) is 19.1 Å². The Morgan fingerprint density at radius 1 is 1.05 bits per heavy atom. The predicted molar refractivity (Wildman–Crippen MR) is 80.4 cm³/mol. The monoisotopic (exact) mass is 274 g/mol. The summed E-state index contributed by atoms with van der Waals surface area (Å²) in [5.41, 5.74) is 1.11. The van der Waals surface area contributed by atoms with Crippen LogP contribution in [0, 0.1) is 4.91 Å². The lowest BCUT2D eigenvalue weighted by atomic mass is 9.99. The van der Waals surface area contributed by atoms with Gasteiger partial charge in [-0.1, -0.05) is 6.42 Å². The summed E-state index contributed by atoms with van der Waals surface area (Å²) >= 11 is 0. The summed E-state index contributed by atoms with van der Waals surface area (Å²) in [6, 6.07) is 4.40. The minimum Gasteiger partial charge on any atom is -0.370 e. The van der Waals surface area contributed by atoms with Crippen molar-refractivity contribution in [3.05, 3.63) is 23.2 Å². The van der Waals surface area contributed by atoms with Gasteiger partial charge in [-0.2, -0.15) is 0 Å². The highest BCUT2D eigenvalue weighted by atomic mass is 16.3. The molecule has 0 saturated carbocycles. The van der Waals surface area contributed by atoms with Crippen molar-refractivity contribution < 1.29 is 0 Å². The number of anilines is 1. The van der Waals surface area contributed by atoms with Crippen LogP contribution in [0.4, 0.5) is 11.5 Å². The van der Waals surface area contributed by atoms with Gasteiger partial charge in [-0.15, -0.1) is 4.91 Å². The van der Waals surface area contributed by atoms with Crippen LogP contribution in [-0.2, 0) is 0 Å². The molecule has 1 aromatic heterocycles. The van der Waals surface area contributed by atoms with E-state index >= 15 is 0 Å². The molecule has 1 aromatic rings. The topological polar surface area (TPSA) is 48.8 Å². The van der Waals surface area contributed by atoms with Crippen LogP contribution in [0.1, 0.15) is 32.1 Å². The minimum atomic E-state index is 0.261. The van der Waals surface area contributed by atoms with Crippen molar-refractivity contribution in [2.75, 3.05) is 31.1 Å². The van der Waals surface area contributed by atoms with Crippen LogP contribution in [0.3, 0.4) is 0 Å². The summed E-state index contributed by atoms with van der Waals surface area (Å²) in [4.78, 5) is 19.5. The van der Waals surface area contributed by atoms with E-state index in [-0.39, 0.29) is 5.82 Å². The average molecular weight is 274 g/mol. The number of aromatic nitrogens is 1. The van der Waals surface area contributed by atoms with Gasteiger partial charge in [0.05, 0.1) is 11.9 Å². The van der Waals surface area contributed by atoms with Crippen LogP contribution in [0.2, 0.25) is 0 Å². The van der Waals surface area contributed by atoms with Crippen molar-refractivity contribution in [2.45, 2.75) is 38.1 Å². The highest BCUT2D eigenvalue weighted by molar-refractivity contribution is 5.48. The Hall–Kier alpha value is -1.49. The molecule has 5 heteroatoms. The van der Waals surface area contributed by atoms with Gasteiger partial charge in [-0.05, 0) is 56.1 Å². The number of pyridine rings is 1. The lowest BCUT2D eigenvalue weighted by Gasteiger charge is -2.40. The second-order valence-electron chi connectivity index (χ2n) is 5.78. The summed E-state index contributed by atoms with van der Waals surface area (Å²) in [6.07, 6.45) is 8.35. The number of rotatable bonds is 3. The Balaban J connectivity index is 1.55. The second kappa shape index (κ2) is 6.31. The molecule has 3 rings (SSSR count). The number of likely N-dealkylation sites (tertiary alicyclic amines) is 1. The summed E-state index contributed by atoms with van der Waals surface area (Å²) in [5.74, 6) is 0.261. The van der Waals surface area contributed by atoms with Gasteiger partial charge in [-0.25, -0.2) is 4.98 Å². The third-order valence-electron chi connectivity index (χ3n) is 4.56. The van der Waals surface area contributed by atoms with Crippen LogP contribution >= 0.6 is 0 Å². The Morgan fingerprint density at radius 2 is 1.80 bits per heavy atom. The molecule has 0 radical (unpaired) electrons. The SMILES string of the molecule is O=Nc1ccc(N2CCC(N3CCCCC3)CC2)cn1. The number of hydrogen-bond donors (Lipinski definition) is 0. The zero-order valence-electron chi connectivity index (χ0n) is 11.9. The number of nitroso groups, excluding NO2 is 1. The highest BCUT2D eigenvalue weighted by Crippen LogP contribution is 2.25. The van der Waals surface area contributed by atoms with Gasteiger partial charge in [0.2, 0.25) is 0 Å². The number of piperidine rings is 2. The van der Waals surface area contributed by atoms with E-state index in [9.17, 15) is 4.91 Å². The van der Waals surface area contributed by atoms with E-state index in [1.54, 1.807) is 12.3 Å². The third-order valence-corrected chi connectivity index (χ3v) is 4.56. The molecule has 2 aliphatic heterocycles. The van der Waals surface area contributed by atoms with E-state index in [2.05, 4.69) is 20.0 Å². The van der Waals surface area contributed by atoms with Crippen molar-refractivity contribution in [3.63, 3.8) is 0 Å². The molecule has 0 aromatic carbocycles. The molecule has 3 heterocycles. The lowest BCUT2D eigenvalue weighted by Crippen LogP contribution is -2.46. The van der Waals surface area contributed by atoms with E-state index in [1.807, 2.05) is 6.07 Å². The minimum absolute atomic E-state index is 0.261. The molecule has 0 bridgehead atoms. The molecular formula is C15H22N4O. The van der Waals surface area contributed by atoms with Crippen LogP contribution in [0.25, 0.3) is 0 Å². The zero-order chi connectivity index (χ0) is 13.8. The fourth-order valence-corrected chi connectivity index (χ4v) is 3.39. The first-order valence-electron chi connectivity index (χ1n) is 7.65. The molecule has 2 fully saturated rings. The maximum Gasteiger partial charge on any atom is 0.196 e. The van der Waals surface area contributed by atoms with Gasteiger partial charge < -0.3 is 9.80 Å². The smallest absolute Gasteiger partial charge is 0.196 e. The fraction of sp³-hybridized carbons (Fsp3) is 0.667. The average Bonchev–Trinajstić information content (AvgIpc) is 2.56. The number of hydrogen-bond acceptors (Lipinski definition) is 5. The first-order valence-corrected chi connectivity index (χ1v) is 7.65. The van der Waals surface area contributed by atoms with Crippen molar-refractivity contribution in [2.24, 2.45) is 5.18 Å². The first kappa shape index (κ1) is 13.5. The molecule has 5 nitrogen and oxygen atoms in total. The van der Waals surface area contributed by atoms with Crippen molar-refractivity contribution in [3.8, 4) is 0 Å². The van der Waals surface area contributed by atoms with Gasteiger partial charge in [0.25, 0.3) is 0 Å². The van der Waals surface area contributed by atoms with E-state index in [4.69, 9.17) is 0 Å². The number of nitrogens with zero attached hydrogens (tertiary/aromatic N) is 4. The van der Waals surface area contributed by atoms with E-state index < -0.39 is 0 Å². The lowest BCUT2D eigenvalue weighted by molar-refractivity contribution is 0.141. The van der Waals surface area contributed by atoms with Crippen molar-refractivity contribution >= 4 is 11.5 Å².